The molecular weight excluding hydrogens is 370 g/mol. The van der Waals surface area contributed by atoms with Crippen LogP contribution < -0.4 is 5.32 Å². The van der Waals surface area contributed by atoms with Crippen LogP contribution in [-0.4, -0.2) is 24.7 Å². The van der Waals surface area contributed by atoms with Gasteiger partial charge in [0.25, 0.3) is 5.91 Å². The SMILES string of the molecule is CSc1ccc(Cl)c(C(=O)OCC(=O)NC2CCCc3ccccc32)c1. The Morgan fingerprint density at radius 3 is 2.88 bits per heavy atom. The number of esters is 1. The van der Waals surface area contributed by atoms with E-state index in [0.717, 1.165) is 29.7 Å². The number of fused-ring (bicyclic) bond motifs is 1. The third kappa shape index (κ3) is 4.40. The number of rotatable bonds is 5. The Balaban J connectivity index is 1.59. The van der Waals surface area contributed by atoms with E-state index in [4.69, 9.17) is 16.3 Å². The summed E-state index contributed by atoms with van der Waals surface area (Å²) < 4.78 is 5.16. The van der Waals surface area contributed by atoms with E-state index in [1.54, 1.807) is 12.1 Å². The van der Waals surface area contributed by atoms with Gasteiger partial charge in [-0.2, -0.15) is 0 Å². The first-order valence-electron chi connectivity index (χ1n) is 8.46. The lowest BCUT2D eigenvalue weighted by Gasteiger charge is -2.26. The van der Waals surface area contributed by atoms with Gasteiger partial charge in [0.2, 0.25) is 0 Å². The van der Waals surface area contributed by atoms with Crippen LogP contribution in [0.3, 0.4) is 0 Å². The molecule has 0 aliphatic heterocycles. The van der Waals surface area contributed by atoms with Gasteiger partial charge in [-0.15, -0.1) is 11.8 Å². The summed E-state index contributed by atoms with van der Waals surface area (Å²) in [6, 6.07) is 13.2. The molecule has 1 N–H and O–H groups in total. The van der Waals surface area contributed by atoms with Crippen molar-refractivity contribution >= 4 is 35.2 Å². The summed E-state index contributed by atoms with van der Waals surface area (Å²) in [6.07, 6.45) is 4.85. The van der Waals surface area contributed by atoms with Crippen molar-refractivity contribution < 1.29 is 14.3 Å². The second-order valence-electron chi connectivity index (χ2n) is 6.13. The molecule has 0 aromatic heterocycles. The lowest BCUT2D eigenvalue weighted by molar-refractivity contribution is -0.125. The number of carbonyl (C=O) groups excluding carboxylic acids is 2. The van der Waals surface area contributed by atoms with Crippen molar-refractivity contribution in [3.63, 3.8) is 0 Å². The molecule has 1 aliphatic carbocycles. The van der Waals surface area contributed by atoms with E-state index >= 15 is 0 Å². The molecule has 1 aliphatic rings. The van der Waals surface area contributed by atoms with Gasteiger partial charge in [0, 0.05) is 4.90 Å². The Labute approximate surface area is 162 Å². The number of aryl methyl sites for hydroxylation is 1. The minimum Gasteiger partial charge on any atom is -0.452 e. The molecule has 26 heavy (non-hydrogen) atoms. The Bertz CT molecular complexity index is 824. The lowest BCUT2D eigenvalue weighted by Crippen LogP contribution is -2.34. The van der Waals surface area contributed by atoms with Crippen molar-refractivity contribution in [2.24, 2.45) is 0 Å². The van der Waals surface area contributed by atoms with Gasteiger partial charge >= 0.3 is 5.97 Å². The molecule has 0 radical (unpaired) electrons. The predicted molar refractivity (Wildman–Crippen MR) is 104 cm³/mol. The Morgan fingerprint density at radius 1 is 1.27 bits per heavy atom. The maximum atomic E-state index is 12.2. The number of hydrogen-bond acceptors (Lipinski definition) is 4. The topological polar surface area (TPSA) is 55.4 Å². The monoisotopic (exact) mass is 389 g/mol. The summed E-state index contributed by atoms with van der Waals surface area (Å²) in [5, 5.41) is 3.28. The highest BCUT2D eigenvalue weighted by molar-refractivity contribution is 7.98. The van der Waals surface area contributed by atoms with Crippen LogP contribution in [0, 0.1) is 0 Å². The van der Waals surface area contributed by atoms with Gasteiger partial charge < -0.3 is 10.1 Å². The normalized spacial score (nSPS) is 15.8. The number of thioether (sulfide) groups is 1. The molecule has 0 saturated carbocycles. The van der Waals surface area contributed by atoms with Gasteiger partial charge in [-0.1, -0.05) is 35.9 Å². The minimum absolute atomic E-state index is 0.0328. The third-order valence-electron chi connectivity index (χ3n) is 4.43. The van der Waals surface area contributed by atoms with Crippen molar-refractivity contribution in [2.45, 2.75) is 30.2 Å². The fourth-order valence-electron chi connectivity index (χ4n) is 3.14. The first-order valence-corrected chi connectivity index (χ1v) is 10.1. The molecule has 2 aromatic carbocycles. The van der Waals surface area contributed by atoms with E-state index in [2.05, 4.69) is 11.4 Å². The zero-order valence-corrected chi connectivity index (χ0v) is 16.0. The summed E-state index contributed by atoms with van der Waals surface area (Å²) in [4.78, 5) is 25.4. The highest BCUT2D eigenvalue weighted by atomic mass is 35.5. The molecule has 0 saturated heterocycles. The van der Waals surface area contributed by atoms with Crippen molar-refractivity contribution in [2.75, 3.05) is 12.9 Å². The Hall–Kier alpha value is -1.98. The molecular formula is C20H20ClNO3S. The zero-order valence-electron chi connectivity index (χ0n) is 14.5. The third-order valence-corrected chi connectivity index (χ3v) is 5.49. The summed E-state index contributed by atoms with van der Waals surface area (Å²) in [5.41, 5.74) is 2.69. The van der Waals surface area contributed by atoms with Crippen LogP contribution in [0.25, 0.3) is 0 Å². The van der Waals surface area contributed by atoms with Gasteiger partial charge in [0.15, 0.2) is 6.61 Å². The molecule has 2 aromatic rings. The number of nitrogens with one attached hydrogen (secondary N) is 1. The minimum atomic E-state index is -0.593. The fraction of sp³-hybridized carbons (Fsp3) is 0.300. The molecule has 0 bridgehead atoms. The molecule has 6 heteroatoms. The lowest BCUT2D eigenvalue weighted by atomic mass is 9.88. The molecule has 3 rings (SSSR count). The van der Waals surface area contributed by atoms with Crippen LogP contribution in [0.2, 0.25) is 5.02 Å². The number of hydrogen-bond donors (Lipinski definition) is 1. The quantitative estimate of drug-likeness (QED) is 0.607. The van der Waals surface area contributed by atoms with E-state index in [9.17, 15) is 9.59 Å². The smallest absolute Gasteiger partial charge is 0.340 e. The highest BCUT2D eigenvalue weighted by Gasteiger charge is 2.22. The van der Waals surface area contributed by atoms with E-state index < -0.39 is 5.97 Å². The Kier molecular flexibility index (Phi) is 6.22. The van der Waals surface area contributed by atoms with E-state index in [-0.39, 0.29) is 24.1 Å². The van der Waals surface area contributed by atoms with Gasteiger partial charge in [-0.3, -0.25) is 4.79 Å². The maximum Gasteiger partial charge on any atom is 0.340 e. The summed E-state index contributed by atoms with van der Waals surface area (Å²) in [7, 11) is 0. The standard InChI is InChI=1S/C20H20ClNO3S/c1-26-14-9-10-17(21)16(11-14)20(24)25-12-19(23)22-18-8-4-6-13-5-2-3-7-15(13)18/h2-3,5,7,9-11,18H,4,6,8,12H2,1H3,(H,22,23). The van der Waals surface area contributed by atoms with E-state index in [1.165, 1.54) is 17.3 Å². The van der Waals surface area contributed by atoms with Crippen LogP contribution in [0.5, 0.6) is 0 Å². The van der Waals surface area contributed by atoms with Gasteiger partial charge in [-0.25, -0.2) is 4.79 Å². The molecule has 1 unspecified atom stereocenters. The number of benzene rings is 2. The van der Waals surface area contributed by atoms with Crippen LogP contribution in [0.15, 0.2) is 47.4 Å². The molecule has 0 fully saturated rings. The average molecular weight is 390 g/mol. The molecule has 1 amide bonds. The summed E-state index contributed by atoms with van der Waals surface area (Å²) in [5.74, 6) is -0.901. The molecule has 136 valence electrons. The summed E-state index contributed by atoms with van der Waals surface area (Å²) in [6.45, 7) is -0.322. The second-order valence-corrected chi connectivity index (χ2v) is 7.42. The molecule has 4 nitrogen and oxygen atoms in total. The van der Waals surface area contributed by atoms with Crippen LogP contribution in [0.4, 0.5) is 0 Å². The summed E-state index contributed by atoms with van der Waals surface area (Å²) >= 11 is 7.57. The van der Waals surface area contributed by atoms with Crippen LogP contribution in [-0.2, 0) is 16.0 Å². The van der Waals surface area contributed by atoms with Gasteiger partial charge in [0.05, 0.1) is 16.6 Å². The number of carbonyl (C=O) groups is 2. The van der Waals surface area contributed by atoms with Crippen LogP contribution in [0.1, 0.15) is 40.4 Å². The molecule has 1 atom stereocenters. The van der Waals surface area contributed by atoms with Crippen LogP contribution >= 0.6 is 23.4 Å². The Morgan fingerprint density at radius 2 is 2.08 bits per heavy atom. The first-order chi connectivity index (χ1) is 12.6. The van der Waals surface area contributed by atoms with Crippen molar-refractivity contribution in [1.29, 1.82) is 0 Å². The van der Waals surface area contributed by atoms with E-state index in [0.29, 0.717) is 5.02 Å². The highest BCUT2D eigenvalue weighted by Crippen LogP contribution is 2.29. The maximum absolute atomic E-state index is 12.2. The van der Waals surface area contributed by atoms with Crippen molar-refractivity contribution in [3.8, 4) is 0 Å². The van der Waals surface area contributed by atoms with Gasteiger partial charge in [0.1, 0.15) is 0 Å². The molecule has 0 heterocycles. The first kappa shape index (κ1) is 18.8. The van der Waals surface area contributed by atoms with Crippen molar-refractivity contribution in [3.05, 3.63) is 64.2 Å². The fourth-order valence-corrected chi connectivity index (χ4v) is 3.77. The van der Waals surface area contributed by atoms with Gasteiger partial charge in [-0.05, 0) is 54.8 Å². The number of amides is 1. The predicted octanol–water partition coefficient (Wildman–Crippen LogP) is 4.41. The second kappa shape index (κ2) is 8.60. The van der Waals surface area contributed by atoms with E-state index in [1.807, 2.05) is 30.5 Å². The van der Waals surface area contributed by atoms with Crippen molar-refractivity contribution in [1.82, 2.24) is 5.32 Å². The number of halogens is 1. The average Bonchev–Trinajstić information content (AvgIpc) is 2.67. The number of ether oxygens (including phenoxy) is 1. The zero-order chi connectivity index (χ0) is 18.5. The molecule has 0 spiro atoms. The largest absolute Gasteiger partial charge is 0.452 e.